The Hall–Kier alpha value is -2.93. The van der Waals surface area contributed by atoms with E-state index in [2.05, 4.69) is 10.3 Å². The largest absolute Gasteiger partial charge is 0.497 e. The number of carbonyl (C=O) groups excluding carboxylic acids is 1. The molecule has 0 spiro atoms. The molecule has 3 rings (SSSR count). The van der Waals surface area contributed by atoms with Gasteiger partial charge in [0.25, 0.3) is 0 Å². The first kappa shape index (κ1) is 17.9. The third-order valence-electron chi connectivity index (χ3n) is 3.57. The second kappa shape index (κ2) is 8.44. The minimum absolute atomic E-state index is 0.152. The van der Waals surface area contributed by atoms with E-state index in [-0.39, 0.29) is 11.7 Å². The monoisotopic (exact) mass is 370 g/mol. The number of nitrogens with one attached hydrogen (secondary N) is 1. The van der Waals surface area contributed by atoms with Gasteiger partial charge in [0.1, 0.15) is 17.3 Å². The van der Waals surface area contributed by atoms with Crippen LogP contribution in [0.2, 0.25) is 0 Å². The molecule has 0 radical (unpaired) electrons. The van der Waals surface area contributed by atoms with Crippen LogP contribution in [0.3, 0.4) is 0 Å². The van der Waals surface area contributed by atoms with Gasteiger partial charge in [-0.1, -0.05) is 11.8 Å². The van der Waals surface area contributed by atoms with E-state index in [1.165, 1.54) is 11.8 Å². The van der Waals surface area contributed by atoms with E-state index in [0.717, 1.165) is 11.3 Å². The highest BCUT2D eigenvalue weighted by Gasteiger charge is 2.11. The Bertz CT molecular complexity index is 880. The summed E-state index contributed by atoms with van der Waals surface area (Å²) in [6.07, 6.45) is 3.42. The number of benzene rings is 1. The van der Waals surface area contributed by atoms with Gasteiger partial charge in [-0.15, -0.1) is 0 Å². The predicted molar refractivity (Wildman–Crippen MR) is 101 cm³/mol. The molecule has 0 aliphatic carbocycles. The highest BCUT2D eigenvalue weighted by Crippen LogP contribution is 2.30. The number of hydrogen-bond donors (Lipinski definition) is 1. The fraction of sp³-hybridized carbons (Fsp3) is 0.158. The average Bonchev–Trinajstić information content (AvgIpc) is 3.16. The van der Waals surface area contributed by atoms with Crippen LogP contribution in [0.5, 0.6) is 11.5 Å². The first-order valence-corrected chi connectivity index (χ1v) is 8.83. The van der Waals surface area contributed by atoms with Crippen molar-refractivity contribution in [1.29, 1.82) is 0 Å². The van der Waals surface area contributed by atoms with Crippen molar-refractivity contribution in [3.8, 4) is 22.8 Å². The van der Waals surface area contributed by atoms with Crippen LogP contribution < -0.4 is 14.8 Å². The zero-order valence-electron chi connectivity index (χ0n) is 14.4. The molecule has 7 heteroatoms. The van der Waals surface area contributed by atoms with Gasteiger partial charge in [0.2, 0.25) is 5.91 Å². The van der Waals surface area contributed by atoms with Crippen molar-refractivity contribution in [2.24, 2.45) is 0 Å². The summed E-state index contributed by atoms with van der Waals surface area (Å²) in [6, 6.07) is 12.7. The van der Waals surface area contributed by atoms with Crippen LogP contribution >= 0.6 is 11.8 Å². The molecule has 26 heavy (non-hydrogen) atoms. The number of methoxy groups -OCH3 is 2. The molecule has 0 aliphatic rings. The molecule has 2 aromatic heterocycles. The van der Waals surface area contributed by atoms with Crippen LogP contribution in [-0.2, 0) is 4.79 Å². The fourth-order valence-electron chi connectivity index (χ4n) is 2.29. The minimum atomic E-state index is -0.152. The molecule has 0 saturated carbocycles. The van der Waals surface area contributed by atoms with E-state index >= 15 is 0 Å². The summed E-state index contributed by atoms with van der Waals surface area (Å²) in [5.74, 6) is 2.01. The second-order valence-electron chi connectivity index (χ2n) is 5.26. The van der Waals surface area contributed by atoms with Crippen LogP contribution in [0.1, 0.15) is 0 Å². The van der Waals surface area contributed by atoms with Gasteiger partial charge in [-0.2, -0.15) is 0 Å². The first-order valence-electron chi connectivity index (χ1n) is 7.84. The summed E-state index contributed by atoms with van der Waals surface area (Å²) < 4.78 is 16.2. The predicted octanol–water partition coefficient (Wildman–Crippen LogP) is 4.09. The molecule has 0 fully saturated rings. The van der Waals surface area contributed by atoms with Crippen molar-refractivity contribution in [1.82, 2.24) is 4.98 Å². The van der Waals surface area contributed by atoms with E-state index in [0.29, 0.717) is 22.3 Å². The molecule has 3 aromatic rings. The molecular weight excluding hydrogens is 352 g/mol. The summed E-state index contributed by atoms with van der Waals surface area (Å²) in [5.41, 5.74) is 1.54. The maximum Gasteiger partial charge on any atom is 0.234 e. The van der Waals surface area contributed by atoms with Crippen molar-refractivity contribution in [3.05, 3.63) is 54.9 Å². The standard InChI is InChI=1S/C19H18N2O4S/c1-23-14-3-4-15(17(11-14)24-2)21-18(22)12-26-19-6-5-16(25-19)13-7-9-20-10-8-13/h3-11H,12H2,1-2H3,(H,21,22). The molecule has 0 saturated heterocycles. The molecule has 1 amide bonds. The highest BCUT2D eigenvalue weighted by molar-refractivity contribution is 7.99. The van der Waals surface area contributed by atoms with Gasteiger partial charge < -0.3 is 19.2 Å². The smallest absolute Gasteiger partial charge is 0.234 e. The Morgan fingerprint density at radius 2 is 1.92 bits per heavy atom. The topological polar surface area (TPSA) is 73.6 Å². The van der Waals surface area contributed by atoms with Gasteiger partial charge in [-0.25, -0.2) is 0 Å². The SMILES string of the molecule is COc1ccc(NC(=O)CSc2ccc(-c3ccncc3)o2)c(OC)c1. The van der Waals surface area contributed by atoms with E-state index in [1.54, 1.807) is 44.8 Å². The lowest BCUT2D eigenvalue weighted by molar-refractivity contribution is -0.113. The van der Waals surface area contributed by atoms with E-state index in [4.69, 9.17) is 13.9 Å². The number of amides is 1. The molecule has 0 bridgehead atoms. The maximum atomic E-state index is 12.2. The van der Waals surface area contributed by atoms with E-state index < -0.39 is 0 Å². The number of aromatic nitrogens is 1. The molecular formula is C19H18N2O4S. The number of pyridine rings is 1. The highest BCUT2D eigenvalue weighted by atomic mass is 32.2. The third kappa shape index (κ3) is 4.37. The molecule has 0 unspecified atom stereocenters. The summed E-state index contributed by atoms with van der Waals surface area (Å²) in [7, 11) is 3.12. The molecule has 2 heterocycles. The van der Waals surface area contributed by atoms with Crippen LogP contribution in [-0.4, -0.2) is 30.9 Å². The summed E-state index contributed by atoms with van der Waals surface area (Å²) in [5, 5.41) is 3.51. The Balaban J connectivity index is 1.59. The molecule has 1 aromatic carbocycles. The number of anilines is 1. The van der Waals surface area contributed by atoms with E-state index in [1.807, 2.05) is 24.3 Å². The van der Waals surface area contributed by atoms with Crippen molar-refractivity contribution < 1.29 is 18.7 Å². The van der Waals surface area contributed by atoms with E-state index in [9.17, 15) is 4.79 Å². The number of furan rings is 1. The third-order valence-corrected chi connectivity index (χ3v) is 4.48. The van der Waals surface area contributed by atoms with Crippen molar-refractivity contribution in [3.63, 3.8) is 0 Å². The normalized spacial score (nSPS) is 10.4. The fourth-order valence-corrected chi connectivity index (χ4v) is 2.95. The molecule has 0 aliphatic heterocycles. The van der Waals surface area contributed by atoms with Gasteiger partial charge >= 0.3 is 0 Å². The van der Waals surface area contributed by atoms with Gasteiger partial charge in [-0.05, 0) is 36.4 Å². The number of thioether (sulfide) groups is 1. The molecule has 134 valence electrons. The van der Waals surface area contributed by atoms with Crippen LogP contribution in [0.25, 0.3) is 11.3 Å². The zero-order chi connectivity index (χ0) is 18.4. The summed E-state index contributed by atoms with van der Waals surface area (Å²) >= 11 is 1.32. The zero-order valence-corrected chi connectivity index (χ0v) is 15.2. The number of rotatable bonds is 7. The minimum Gasteiger partial charge on any atom is -0.497 e. The van der Waals surface area contributed by atoms with Gasteiger partial charge in [0, 0.05) is 24.0 Å². The number of nitrogens with zero attached hydrogens (tertiary/aromatic N) is 1. The molecule has 6 nitrogen and oxygen atoms in total. The molecule has 0 atom stereocenters. The summed E-state index contributed by atoms with van der Waals surface area (Å²) in [6.45, 7) is 0. The Morgan fingerprint density at radius 3 is 2.65 bits per heavy atom. The lowest BCUT2D eigenvalue weighted by atomic mass is 10.2. The van der Waals surface area contributed by atoms with Gasteiger partial charge in [0.15, 0.2) is 5.09 Å². The van der Waals surface area contributed by atoms with Crippen molar-refractivity contribution in [2.75, 3.05) is 25.3 Å². The van der Waals surface area contributed by atoms with Crippen LogP contribution in [0.15, 0.2) is 64.4 Å². The lowest BCUT2D eigenvalue weighted by Crippen LogP contribution is -2.14. The first-order chi connectivity index (χ1) is 12.7. The lowest BCUT2D eigenvalue weighted by Gasteiger charge is -2.11. The molecule has 1 N–H and O–H groups in total. The Morgan fingerprint density at radius 1 is 1.12 bits per heavy atom. The number of carbonyl (C=O) groups is 1. The average molecular weight is 370 g/mol. The van der Waals surface area contributed by atoms with Crippen molar-refractivity contribution >= 4 is 23.4 Å². The maximum absolute atomic E-state index is 12.2. The summed E-state index contributed by atoms with van der Waals surface area (Å²) in [4.78, 5) is 16.2. The quantitative estimate of drug-likeness (QED) is 0.632. The van der Waals surface area contributed by atoms with Crippen LogP contribution in [0, 0.1) is 0 Å². The Kier molecular flexibility index (Phi) is 5.80. The van der Waals surface area contributed by atoms with Gasteiger partial charge in [-0.3, -0.25) is 9.78 Å². The number of hydrogen-bond acceptors (Lipinski definition) is 6. The van der Waals surface area contributed by atoms with Gasteiger partial charge in [0.05, 0.1) is 25.7 Å². The second-order valence-corrected chi connectivity index (χ2v) is 6.24. The Labute approximate surface area is 155 Å². The van der Waals surface area contributed by atoms with Crippen molar-refractivity contribution in [2.45, 2.75) is 5.09 Å². The number of ether oxygens (including phenoxy) is 2. The van der Waals surface area contributed by atoms with Crippen LogP contribution in [0.4, 0.5) is 5.69 Å².